The Morgan fingerprint density at radius 1 is 1.03 bits per heavy atom. The highest BCUT2D eigenvalue weighted by Crippen LogP contribution is 2.31. The number of anilines is 1. The lowest BCUT2D eigenvalue weighted by Gasteiger charge is -2.09. The molecule has 146 valence electrons. The third kappa shape index (κ3) is 3.86. The van der Waals surface area contributed by atoms with Gasteiger partial charge in [-0.1, -0.05) is 30.3 Å². The van der Waals surface area contributed by atoms with Crippen LogP contribution in [0.5, 0.6) is 5.75 Å². The largest absolute Gasteiger partial charge is 0.501 e. The van der Waals surface area contributed by atoms with Gasteiger partial charge in [0.15, 0.2) is 5.69 Å². The van der Waals surface area contributed by atoms with E-state index >= 15 is 0 Å². The molecule has 3 aromatic rings. The van der Waals surface area contributed by atoms with Gasteiger partial charge in [-0.2, -0.15) is 0 Å². The second-order valence-corrected chi connectivity index (χ2v) is 6.84. The van der Waals surface area contributed by atoms with E-state index in [1.54, 1.807) is 18.2 Å². The molecule has 1 aliphatic rings. The number of carboxylic acids is 1. The van der Waals surface area contributed by atoms with Gasteiger partial charge in [-0.25, -0.2) is 9.78 Å². The van der Waals surface area contributed by atoms with Crippen molar-refractivity contribution in [3.63, 3.8) is 0 Å². The molecule has 0 radical (unpaired) electrons. The molecule has 2 aromatic carbocycles. The first-order valence-electron chi connectivity index (χ1n) is 9.00. The summed E-state index contributed by atoms with van der Waals surface area (Å²) in [6, 6.07) is 14.4. The molecule has 1 aliphatic carbocycles. The Bertz CT molecular complexity index is 1180. The molecule has 0 unspecified atom stereocenters. The van der Waals surface area contributed by atoms with Crippen LogP contribution in [0, 0.1) is 5.92 Å². The Kier molecular flexibility index (Phi) is 4.59. The molecule has 0 aliphatic heterocycles. The van der Waals surface area contributed by atoms with Crippen molar-refractivity contribution in [1.29, 1.82) is 0 Å². The maximum Gasteiger partial charge on any atom is 0.358 e. The van der Waals surface area contributed by atoms with Crippen molar-refractivity contribution >= 4 is 17.6 Å². The molecule has 0 spiro atoms. The first kappa shape index (κ1) is 18.4. The van der Waals surface area contributed by atoms with Crippen LogP contribution in [0.4, 0.5) is 5.69 Å². The maximum absolute atomic E-state index is 12.0. The average molecular weight is 391 g/mol. The first-order chi connectivity index (χ1) is 13.9. The van der Waals surface area contributed by atoms with Crippen molar-refractivity contribution in [2.75, 3.05) is 5.32 Å². The third-order valence-electron chi connectivity index (χ3n) is 4.65. The molecule has 8 heteroatoms. The number of H-pyrrole nitrogens is 1. The Morgan fingerprint density at radius 3 is 2.38 bits per heavy atom. The molecule has 1 heterocycles. The van der Waals surface area contributed by atoms with E-state index in [4.69, 9.17) is 5.11 Å². The van der Waals surface area contributed by atoms with E-state index in [0.29, 0.717) is 11.3 Å². The zero-order valence-corrected chi connectivity index (χ0v) is 15.2. The summed E-state index contributed by atoms with van der Waals surface area (Å²) in [5.74, 6) is -2.28. The highest BCUT2D eigenvalue weighted by molar-refractivity contribution is 5.94. The number of aromatic nitrogens is 2. The fraction of sp³-hybridized carbons (Fsp3) is 0.143. The normalized spacial score (nSPS) is 13.1. The summed E-state index contributed by atoms with van der Waals surface area (Å²) in [7, 11) is 0. The van der Waals surface area contributed by atoms with E-state index < -0.39 is 23.0 Å². The molecular formula is C21H17N3O5. The molecule has 4 rings (SSSR count). The van der Waals surface area contributed by atoms with Crippen molar-refractivity contribution in [2.24, 2.45) is 5.92 Å². The van der Waals surface area contributed by atoms with Gasteiger partial charge in [0.1, 0.15) is 5.82 Å². The Hall–Kier alpha value is -3.94. The third-order valence-corrected chi connectivity index (χ3v) is 4.65. The molecule has 0 atom stereocenters. The summed E-state index contributed by atoms with van der Waals surface area (Å²) in [5.41, 5.74) is 1.16. The number of carboxylic acid groups (broad SMARTS) is 1. The number of aromatic amines is 1. The molecular weight excluding hydrogens is 374 g/mol. The predicted octanol–water partition coefficient (Wildman–Crippen LogP) is 2.86. The van der Waals surface area contributed by atoms with Crippen molar-refractivity contribution in [2.45, 2.75) is 12.8 Å². The Balaban J connectivity index is 1.69. The number of hydrogen-bond acceptors (Lipinski definition) is 5. The number of carbonyl (C=O) groups is 2. The summed E-state index contributed by atoms with van der Waals surface area (Å²) in [6.07, 6.45) is 1.84. The van der Waals surface area contributed by atoms with Gasteiger partial charge in [0.25, 0.3) is 5.56 Å². The molecule has 0 bridgehead atoms. The van der Waals surface area contributed by atoms with E-state index in [0.717, 1.165) is 24.0 Å². The number of benzene rings is 2. The maximum atomic E-state index is 12.0. The molecule has 29 heavy (non-hydrogen) atoms. The standard InChI is InChI=1S/C21H17N3O5/c25-17-16(21(28)29)23-18(24-20(17)27)14-5-1-3-12(9-14)13-4-2-6-15(10-13)22-19(26)11-7-8-11/h1-6,9-11,25H,7-8H2,(H,22,26)(H,28,29)(H,23,24,27). The van der Waals surface area contributed by atoms with Crippen molar-refractivity contribution < 1.29 is 19.8 Å². The van der Waals surface area contributed by atoms with Crippen molar-refractivity contribution in [3.8, 4) is 28.3 Å². The van der Waals surface area contributed by atoms with E-state index in [2.05, 4.69) is 15.3 Å². The Labute approximate surface area is 164 Å². The summed E-state index contributed by atoms with van der Waals surface area (Å²) in [6.45, 7) is 0. The number of aromatic hydroxyl groups is 1. The highest BCUT2D eigenvalue weighted by atomic mass is 16.4. The van der Waals surface area contributed by atoms with Crippen LogP contribution in [0.2, 0.25) is 0 Å². The smallest absolute Gasteiger partial charge is 0.358 e. The van der Waals surface area contributed by atoms with Crippen LogP contribution in [0.25, 0.3) is 22.5 Å². The lowest BCUT2D eigenvalue weighted by atomic mass is 10.0. The van der Waals surface area contributed by atoms with Crippen LogP contribution < -0.4 is 10.9 Å². The number of aromatic carboxylic acids is 1. The zero-order valence-electron chi connectivity index (χ0n) is 15.2. The quantitative estimate of drug-likeness (QED) is 0.529. The van der Waals surface area contributed by atoms with Crippen LogP contribution in [-0.2, 0) is 4.79 Å². The van der Waals surface area contributed by atoms with Gasteiger partial charge in [0.2, 0.25) is 11.7 Å². The van der Waals surface area contributed by atoms with E-state index in [1.807, 2.05) is 30.3 Å². The fourth-order valence-corrected chi connectivity index (χ4v) is 2.97. The number of nitrogens with one attached hydrogen (secondary N) is 2. The predicted molar refractivity (Wildman–Crippen MR) is 106 cm³/mol. The molecule has 4 N–H and O–H groups in total. The minimum atomic E-state index is -1.50. The minimum Gasteiger partial charge on any atom is -0.501 e. The van der Waals surface area contributed by atoms with Gasteiger partial charge in [0.05, 0.1) is 0 Å². The first-order valence-corrected chi connectivity index (χ1v) is 9.00. The van der Waals surface area contributed by atoms with Gasteiger partial charge in [-0.3, -0.25) is 9.59 Å². The number of nitrogens with zero attached hydrogens (tertiary/aromatic N) is 1. The van der Waals surface area contributed by atoms with Gasteiger partial charge in [-0.05, 0) is 42.2 Å². The van der Waals surface area contributed by atoms with Gasteiger partial charge in [-0.15, -0.1) is 0 Å². The van der Waals surface area contributed by atoms with Gasteiger partial charge in [0, 0.05) is 17.2 Å². The topological polar surface area (TPSA) is 132 Å². The van der Waals surface area contributed by atoms with Gasteiger partial charge < -0.3 is 20.5 Å². The number of hydrogen-bond donors (Lipinski definition) is 4. The molecule has 1 saturated carbocycles. The summed E-state index contributed by atoms with van der Waals surface area (Å²) in [4.78, 5) is 41.3. The molecule has 1 aromatic heterocycles. The monoisotopic (exact) mass is 391 g/mol. The number of rotatable bonds is 5. The minimum absolute atomic E-state index is 0.0166. The van der Waals surface area contributed by atoms with E-state index in [1.165, 1.54) is 0 Å². The summed E-state index contributed by atoms with van der Waals surface area (Å²) in [5, 5.41) is 21.6. The molecule has 1 fully saturated rings. The van der Waals surface area contributed by atoms with Crippen LogP contribution in [0.3, 0.4) is 0 Å². The average Bonchev–Trinajstić information content (AvgIpc) is 3.55. The lowest BCUT2D eigenvalue weighted by Crippen LogP contribution is -2.15. The summed E-state index contributed by atoms with van der Waals surface area (Å²) >= 11 is 0. The molecule has 0 saturated heterocycles. The highest BCUT2D eigenvalue weighted by Gasteiger charge is 2.29. The number of amides is 1. The zero-order chi connectivity index (χ0) is 20.5. The van der Waals surface area contributed by atoms with Crippen molar-refractivity contribution in [3.05, 3.63) is 64.6 Å². The SMILES string of the molecule is O=C(O)c1nc(-c2cccc(-c3cccc(NC(=O)C4CC4)c3)c2)[nH]c(=O)c1O. The lowest BCUT2D eigenvalue weighted by molar-refractivity contribution is -0.117. The van der Waals surface area contributed by atoms with Crippen molar-refractivity contribution in [1.82, 2.24) is 9.97 Å². The van der Waals surface area contributed by atoms with Crippen LogP contribution in [0.15, 0.2) is 53.3 Å². The molecule has 1 amide bonds. The fourth-order valence-electron chi connectivity index (χ4n) is 2.97. The van der Waals surface area contributed by atoms with Gasteiger partial charge >= 0.3 is 5.97 Å². The molecule has 8 nitrogen and oxygen atoms in total. The van der Waals surface area contributed by atoms with E-state index in [-0.39, 0.29) is 17.6 Å². The number of carbonyl (C=O) groups excluding carboxylic acids is 1. The second kappa shape index (κ2) is 7.23. The second-order valence-electron chi connectivity index (χ2n) is 6.84. The van der Waals surface area contributed by atoms with Crippen LogP contribution >= 0.6 is 0 Å². The van der Waals surface area contributed by atoms with E-state index in [9.17, 15) is 19.5 Å². The van der Waals surface area contributed by atoms with Crippen LogP contribution in [-0.4, -0.2) is 32.1 Å². The summed E-state index contributed by atoms with van der Waals surface area (Å²) < 4.78 is 0. The Morgan fingerprint density at radius 2 is 1.69 bits per heavy atom. The van der Waals surface area contributed by atoms with Crippen LogP contribution in [0.1, 0.15) is 23.3 Å².